The first kappa shape index (κ1) is 16.3. The average molecular weight is 330 g/mol. The van der Waals surface area contributed by atoms with Gasteiger partial charge in [-0.2, -0.15) is 4.99 Å². The van der Waals surface area contributed by atoms with Crippen LogP contribution >= 0.6 is 11.8 Å². The number of nitrogens with one attached hydrogen (secondary N) is 1. The molecule has 122 valence electrons. The minimum atomic E-state index is -0.102. The molecule has 23 heavy (non-hydrogen) atoms. The molecule has 1 N–H and O–H groups in total. The number of hydrogen-bond acceptors (Lipinski definition) is 3. The van der Waals surface area contributed by atoms with Crippen molar-refractivity contribution < 1.29 is 9.69 Å². The third kappa shape index (κ3) is 3.85. The van der Waals surface area contributed by atoms with E-state index >= 15 is 0 Å². The van der Waals surface area contributed by atoms with E-state index in [1.54, 1.807) is 4.90 Å². The van der Waals surface area contributed by atoms with Crippen molar-refractivity contribution in [3.05, 3.63) is 40.3 Å². The van der Waals surface area contributed by atoms with Crippen LogP contribution < -0.4 is 4.90 Å². The number of quaternary nitrogens is 1. The van der Waals surface area contributed by atoms with Crippen molar-refractivity contribution in [2.75, 3.05) is 32.7 Å². The van der Waals surface area contributed by atoms with Crippen LogP contribution in [0.4, 0.5) is 0 Å². The topological polar surface area (TPSA) is 37.1 Å². The maximum Gasteiger partial charge on any atom is 0.286 e. The molecule has 1 fully saturated rings. The Morgan fingerprint density at radius 2 is 1.91 bits per heavy atom. The summed E-state index contributed by atoms with van der Waals surface area (Å²) in [6, 6.07) is 8.37. The third-order valence-electron chi connectivity index (χ3n) is 4.54. The molecule has 0 radical (unpaired) electrons. The van der Waals surface area contributed by atoms with Gasteiger partial charge in [-0.05, 0) is 42.3 Å². The van der Waals surface area contributed by atoms with Crippen molar-refractivity contribution in [2.45, 2.75) is 20.3 Å². The van der Waals surface area contributed by atoms with Gasteiger partial charge in [-0.3, -0.25) is 4.79 Å². The van der Waals surface area contributed by atoms with Crippen molar-refractivity contribution in [2.24, 2.45) is 4.99 Å². The Hall–Kier alpha value is -1.59. The molecule has 4 nitrogen and oxygen atoms in total. The number of amidine groups is 1. The molecule has 0 bridgehead atoms. The largest absolute Gasteiger partial charge is 0.339 e. The Morgan fingerprint density at radius 1 is 1.22 bits per heavy atom. The van der Waals surface area contributed by atoms with Gasteiger partial charge in [0.25, 0.3) is 5.91 Å². The molecule has 0 atom stereocenters. The summed E-state index contributed by atoms with van der Waals surface area (Å²) in [5.74, 6) is -0.102. The van der Waals surface area contributed by atoms with Gasteiger partial charge >= 0.3 is 0 Å². The Kier molecular flexibility index (Phi) is 5.18. The van der Waals surface area contributed by atoms with Gasteiger partial charge in [0.15, 0.2) is 5.17 Å². The van der Waals surface area contributed by atoms with Crippen LogP contribution in [0, 0.1) is 0 Å². The number of thioether (sulfide) groups is 1. The lowest BCUT2D eigenvalue weighted by molar-refractivity contribution is -0.902. The van der Waals surface area contributed by atoms with Gasteiger partial charge in [0, 0.05) is 0 Å². The molecule has 0 unspecified atom stereocenters. The Balaban J connectivity index is 1.66. The van der Waals surface area contributed by atoms with Crippen LogP contribution in [-0.2, 0) is 11.2 Å². The number of carbonyl (C=O) groups excluding carboxylic acids is 1. The number of carbonyl (C=O) groups is 1. The van der Waals surface area contributed by atoms with Crippen LogP contribution in [0.25, 0.3) is 6.08 Å². The highest BCUT2D eigenvalue weighted by Gasteiger charge is 2.29. The summed E-state index contributed by atoms with van der Waals surface area (Å²) in [5.41, 5.74) is 2.38. The molecule has 3 rings (SSSR count). The zero-order valence-corrected chi connectivity index (χ0v) is 14.7. The second kappa shape index (κ2) is 7.32. The van der Waals surface area contributed by atoms with Gasteiger partial charge in [-0.15, -0.1) is 0 Å². The van der Waals surface area contributed by atoms with E-state index < -0.39 is 0 Å². The first-order valence-electron chi connectivity index (χ1n) is 8.39. The fourth-order valence-electron chi connectivity index (χ4n) is 2.90. The van der Waals surface area contributed by atoms with Crippen LogP contribution in [0.15, 0.2) is 34.2 Å². The zero-order valence-electron chi connectivity index (χ0n) is 13.8. The number of hydrogen-bond donors (Lipinski definition) is 1. The summed E-state index contributed by atoms with van der Waals surface area (Å²) in [4.78, 5) is 21.0. The van der Waals surface area contributed by atoms with E-state index in [9.17, 15) is 4.79 Å². The third-order valence-corrected chi connectivity index (χ3v) is 5.58. The lowest BCUT2D eigenvalue weighted by Gasteiger charge is -2.32. The van der Waals surface area contributed by atoms with Crippen LogP contribution in [0.1, 0.15) is 25.0 Å². The highest BCUT2D eigenvalue weighted by atomic mass is 32.2. The molecule has 1 saturated heterocycles. The minimum Gasteiger partial charge on any atom is -0.339 e. The van der Waals surface area contributed by atoms with Crippen molar-refractivity contribution in [3.8, 4) is 0 Å². The van der Waals surface area contributed by atoms with Gasteiger partial charge in [-0.25, -0.2) is 0 Å². The van der Waals surface area contributed by atoms with Crippen molar-refractivity contribution >= 4 is 28.9 Å². The lowest BCUT2D eigenvalue weighted by atomic mass is 10.1. The number of benzene rings is 1. The SMILES string of the molecule is CCc1ccc(/C=C2\SC(N3CC[NH+](CC)CC3)=NC2=O)cc1. The van der Waals surface area contributed by atoms with Crippen LogP contribution in [-0.4, -0.2) is 48.7 Å². The van der Waals surface area contributed by atoms with Gasteiger partial charge in [0.1, 0.15) is 0 Å². The molecular formula is C18H24N3OS+. The summed E-state index contributed by atoms with van der Waals surface area (Å²) in [5, 5.41) is 0.876. The van der Waals surface area contributed by atoms with Crippen LogP contribution in [0.3, 0.4) is 0 Å². The quantitative estimate of drug-likeness (QED) is 0.852. The van der Waals surface area contributed by atoms with Gasteiger partial charge in [0.2, 0.25) is 0 Å². The molecule has 1 amide bonds. The normalized spacial score (nSPS) is 21.1. The van der Waals surface area contributed by atoms with Gasteiger partial charge in [-0.1, -0.05) is 31.2 Å². The van der Waals surface area contributed by atoms with E-state index in [-0.39, 0.29) is 5.91 Å². The van der Waals surface area contributed by atoms with E-state index in [1.807, 2.05) is 6.08 Å². The standard InChI is InChI=1S/C18H23N3OS/c1-3-14-5-7-15(8-6-14)13-16-17(22)19-18(23-16)21-11-9-20(4-2)10-12-21/h5-8,13H,3-4,9-12H2,1-2H3/p+1/b16-13-. The van der Waals surface area contributed by atoms with Crippen molar-refractivity contribution in [3.63, 3.8) is 0 Å². The first-order valence-corrected chi connectivity index (χ1v) is 9.21. The van der Waals surface area contributed by atoms with Gasteiger partial charge < -0.3 is 9.80 Å². The molecule has 0 saturated carbocycles. The molecule has 1 aromatic carbocycles. The molecule has 0 aromatic heterocycles. The first-order chi connectivity index (χ1) is 11.2. The van der Waals surface area contributed by atoms with E-state index in [0.29, 0.717) is 0 Å². The van der Waals surface area contributed by atoms with Gasteiger partial charge in [0.05, 0.1) is 37.6 Å². The summed E-state index contributed by atoms with van der Waals surface area (Å²) >= 11 is 1.52. The summed E-state index contributed by atoms with van der Waals surface area (Å²) < 4.78 is 0. The van der Waals surface area contributed by atoms with E-state index in [2.05, 4.69) is 48.0 Å². The average Bonchev–Trinajstić information content (AvgIpc) is 2.96. The van der Waals surface area contributed by atoms with Crippen molar-refractivity contribution in [1.29, 1.82) is 0 Å². The number of aliphatic imine (C=N–C) groups is 1. The number of piperazine rings is 1. The highest BCUT2D eigenvalue weighted by molar-refractivity contribution is 8.18. The Morgan fingerprint density at radius 3 is 2.52 bits per heavy atom. The predicted octanol–water partition coefficient (Wildman–Crippen LogP) is 1.44. The summed E-state index contributed by atoms with van der Waals surface area (Å²) in [7, 11) is 0. The molecular weight excluding hydrogens is 306 g/mol. The molecule has 0 aliphatic carbocycles. The van der Waals surface area contributed by atoms with E-state index in [0.717, 1.165) is 48.2 Å². The second-order valence-electron chi connectivity index (χ2n) is 6.00. The summed E-state index contributed by atoms with van der Waals surface area (Å²) in [6.07, 6.45) is 2.99. The minimum absolute atomic E-state index is 0.102. The maximum atomic E-state index is 12.2. The number of likely N-dealkylation sites (N-methyl/N-ethyl adjacent to an activating group) is 1. The molecule has 0 spiro atoms. The van der Waals surface area contributed by atoms with Crippen LogP contribution in [0.2, 0.25) is 0 Å². The monoisotopic (exact) mass is 330 g/mol. The number of nitrogens with zero attached hydrogens (tertiary/aromatic N) is 2. The van der Waals surface area contributed by atoms with E-state index in [1.165, 1.54) is 23.9 Å². The molecule has 2 aliphatic heterocycles. The Labute approximate surface area is 142 Å². The van der Waals surface area contributed by atoms with E-state index in [4.69, 9.17) is 0 Å². The lowest BCUT2D eigenvalue weighted by Crippen LogP contribution is -3.14. The maximum absolute atomic E-state index is 12.2. The molecule has 1 aromatic rings. The molecule has 2 heterocycles. The molecule has 5 heteroatoms. The number of amides is 1. The molecule has 2 aliphatic rings. The Bertz CT molecular complexity index is 628. The summed E-state index contributed by atoms with van der Waals surface area (Å²) in [6.45, 7) is 9.77. The van der Waals surface area contributed by atoms with Crippen LogP contribution in [0.5, 0.6) is 0 Å². The number of rotatable bonds is 3. The smallest absolute Gasteiger partial charge is 0.286 e. The zero-order chi connectivity index (χ0) is 16.2. The number of aryl methyl sites for hydroxylation is 1. The second-order valence-corrected chi connectivity index (χ2v) is 7.01. The van der Waals surface area contributed by atoms with Crippen molar-refractivity contribution in [1.82, 2.24) is 4.90 Å². The fraction of sp³-hybridized carbons (Fsp3) is 0.444. The predicted molar refractivity (Wildman–Crippen MR) is 96.6 cm³/mol. The highest BCUT2D eigenvalue weighted by Crippen LogP contribution is 2.30. The fourth-order valence-corrected chi connectivity index (χ4v) is 3.87.